The van der Waals surface area contributed by atoms with E-state index < -0.39 is 0 Å². The largest absolute Gasteiger partial charge is 0.330 e. The molecule has 0 fully saturated rings. The summed E-state index contributed by atoms with van der Waals surface area (Å²) in [5.41, 5.74) is 10.1. The summed E-state index contributed by atoms with van der Waals surface area (Å²) in [4.78, 5) is 0. The SMILES string of the molecule is Cl.Cl.NCCCN. The molecular weight excluding hydrogens is 135 g/mol. The van der Waals surface area contributed by atoms with Crippen molar-refractivity contribution in [1.29, 1.82) is 0 Å². The summed E-state index contributed by atoms with van der Waals surface area (Å²) in [7, 11) is 0. The van der Waals surface area contributed by atoms with Gasteiger partial charge in [0.2, 0.25) is 0 Å². The van der Waals surface area contributed by atoms with Crippen LogP contribution in [0.3, 0.4) is 0 Å². The van der Waals surface area contributed by atoms with Gasteiger partial charge in [-0.25, -0.2) is 0 Å². The molecule has 4 N–H and O–H groups in total. The van der Waals surface area contributed by atoms with Crippen molar-refractivity contribution in [1.82, 2.24) is 0 Å². The molecule has 0 aromatic rings. The lowest BCUT2D eigenvalue weighted by Gasteiger charge is -1.81. The van der Waals surface area contributed by atoms with Crippen LogP contribution in [0.1, 0.15) is 6.42 Å². The van der Waals surface area contributed by atoms with Gasteiger partial charge in [0.05, 0.1) is 0 Å². The first kappa shape index (κ1) is 15.6. The highest BCUT2D eigenvalue weighted by molar-refractivity contribution is 5.85. The van der Waals surface area contributed by atoms with Crippen LogP contribution in [0.25, 0.3) is 0 Å². The van der Waals surface area contributed by atoms with Gasteiger partial charge in [-0.2, -0.15) is 0 Å². The molecule has 0 radical (unpaired) electrons. The Kier molecular flexibility index (Phi) is 35.9. The quantitative estimate of drug-likeness (QED) is 0.583. The summed E-state index contributed by atoms with van der Waals surface area (Å²) in [5, 5.41) is 0. The van der Waals surface area contributed by atoms with Crippen molar-refractivity contribution in [2.75, 3.05) is 13.1 Å². The van der Waals surface area contributed by atoms with Gasteiger partial charge in [-0.15, -0.1) is 24.8 Å². The minimum atomic E-state index is 0. The fraction of sp³-hybridized carbons (Fsp3) is 1.00. The number of rotatable bonds is 2. The van der Waals surface area contributed by atoms with Gasteiger partial charge >= 0.3 is 0 Å². The van der Waals surface area contributed by atoms with Crippen molar-refractivity contribution >= 4 is 24.8 Å². The first-order valence-electron chi connectivity index (χ1n) is 1.82. The van der Waals surface area contributed by atoms with E-state index in [0.717, 1.165) is 19.5 Å². The molecule has 0 unspecified atom stereocenters. The van der Waals surface area contributed by atoms with E-state index in [0.29, 0.717) is 0 Å². The lowest BCUT2D eigenvalue weighted by molar-refractivity contribution is 0.844. The Morgan fingerprint density at radius 2 is 1.14 bits per heavy atom. The average molecular weight is 147 g/mol. The summed E-state index contributed by atoms with van der Waals surface area (Å²) >= 11 is 0. The minimum absolute atomic E-state index is 0. The zero-order valence-corrected chi connectivity index (χ0v) is 5.73. The number of hydrogen-bond acceptors (Lipinski definition) is 2. The molecule has 0 rings (SSSR count). The van der Waals surface area contributed by atoms with Crippen LogP contribution >= 0.6 is 24.8 Å². The Hall–Kier alpha value is 0.500. The van der Waals surface area contributed by atoms with E-state index in [1.54, 1.807) is 0 Å². The monoisotopic (exact) mass is 146 g/mol. The highest BCUT2D eigenvalue weighted by atomic mass is 35.5. The predicted molar refractivity (Wildman–Crippen MR) is 37.2 cm³/mol. The van der Waals surface area contributed by atoms with Crippen LogP contribution in [0.4, 0.5) is 0 Å². The lowest BCUT2D eigenvalue weighted by Crippen LogP contribution is -2.06. The molecule has 2 nitrogen and oxygen atoms in total. The molecule has 0 aromatic heterocycles. The fourth-order valence-corrected chi connectivity index (χ4v) is 0.118. The lowest BCUT2D eigenvalue weighted by atomic mass is 10.4. The van der Waals surface area contributed by atoms with Crippen molar-refractivity contribution in [3.8, 4) is 0 Å². The zero-order chi connectivity index (χ0) is 4.12. The second-order valence-corrected chi connectivity index (χ2v) is 0.931. The van der Waals surface area contributed by atoms with Crippen LogP contribution in [-0.4, -0.2) is 13.1 Å². The molecule has 0 atom stereocenters. The second kappa shape index (κ2) is 16.1. The first-order valence-corrected chi connectivity index (χ1v) is 1.82. The Morgan fingerprint density at radius 1 is 0.857 bits per heavy atom. The van der Waals surface area contributed by atoms with Crippen LogP contribution < -0.4 is 11.5 Å². The molecular formula is C3H12Cl2N2. The zero-order valence-electron chi connectivity index (χ0n) is 4.09. The van der Waals surface area contributed by atoms with E-state index in [2.05, 4.69) is 0 Å². The summed E-state index contributed by atoms with van der Waals surface area (Å²) in [6, 6.07) is 0. The summed E-state index contributed by atoms with van der Waals surface area (Å²) in [5.74, 6) is 0. The van der Waals surface area contributed by atoms with E-state index >= 15 is 0 Å². The van der Waals surface area contributed by atoms with Gasteiger partial charge in [-0.05, 0) is 19.5 Å². The molecule has 0 bridgehead atoms. The predicted octanol–water partition coefficient (Wildman–Crippen LogP) is 0.138. The van der Waals surface area contributed by atoms with E-state index in [1.807, 2.05) is 0 Å². The molecule has 0 spiro atoms. The molecule has 0 aliphatic heterocycles. The van der Waals surface area contributed by atoms with Crippen LogP contribution in [0.2, 0.25) is 0 Å². The van der Waals surface area contributed by atoms with E-state index in [-0.39, 0.29) is 24.8 Å². The number of hydrogen-bond donors (Lipinski definition) is 2. The summed E-state index contributed by atoms with van der Waals surface area (Å²) in [6.07, 6.45) is 0.944. The van der Waals surface area contributed by atoms with Crippen molar-refractivity contribution in [3.63, 3.8) is 0 Å². The van der Waals surface area contributed by atoms with Crippen molar-refractivity contribution < 1.29 is 0 Å². The molecule has 0 amide bonds. The molecule has 0 saturated carbocycles. The standard InChI is InChI=1S/C3H10N2.2ClH/c4-2-1-3-5;;/h1-5H2;2*1H. The highest BCUT2D eigenvalue weighted by Crippen LogP contribution is 1.58. The average Bonchev–Trinajstić information content (AvgIpc) is 1.41. The maximum atomic E-state index is 5.06. The molecule has 0 saturated heterocycles. The van der Waals surface area contributed by atoms with E-state index in [1.165, 1.54) is 0 Å². The highest BCUT2D eigenvalue weighted by Gasteiger charge is 1.67. The van der Waals surface area contributed by atoms with Gasteiger partial charge in [0.25, 0.3) is 0 Å². The third kappa shape index (κ3) is 21.1. The Labute approximate surface area is 56.5 Å². The van der Waals surface area contributed by atoms with Crippen molar-refractivity contribution in [3.05, 3.63) is 0 Å². The second-order valence-electron chi connectivity index (χ2n) is 0.931. The van der Waals surface area contributed by atoms with Gasteiger partial charge in [0.1, 0.15) is 0 Å². The number of halogens is 2. The molecule has 4 heteroatoms. The van der Waals surface area contributed by atoms with Crippen molar-refractivity contribution in [2.45, 2.75) is 6.42 Å². The van der Waals surface area contributed by atoms with Crippen LogP contribution in [-0.2, 0) is 0 Å². The molecule has 7 heavy (non-hydrogen) atoms. The number of nitrogens with two attached hydrogens (primary N) is 2. The van der Waals surface area contributed by atoms with Gasteiger partial charge < -0.3 is 11.5 Å². The van der Waals surface area contributed by atoms with Crippen LogP contribution in [0.5, 0.6) is 0 Å². The summed E-state index contributed by atoms with van der Waals surface area (Å²) < 4.78 is 0. The van der Waals surface area contributed by atoms with E-state index in [4.69, 9.17) is 11.5 Å². The van der Waals surface area contributed by atoms with Gasteiger partial charge in [-0.1, -0.05) is 0 Å². The Morgan fingerprint density at radius 3 is 1.14 bits per heavy atom. The topological polar surface area (TPSA) is 52.0 Å². The van der Waals surface area contributed by atoms with Gasteiger partial charge in [0.15, 0.2) is 0 Å². The molecule has 0 aliphatic carbocycles. The van der Waals surface area contributed by atoms with Crippen LogP contribution in [0, 0.1) is 0 Å². The minimum Gasteiger partial charge on any atom is -0.330 e. The molecule has 0 aliphatic rings. The van der Waals surface area contributed by atoms with Crippen molar-refractivity contribution in [2.24, 2.45) is 11.5 Å². The van der Waals surface area contributed by atoms with Gasteiger partial charge in [-0.3, -0.25) is 0 Å². The smallest absolute Gasteiger partial charge is 0.00653 e. The van der Waals surface area contributed by atoms with Crippen LogP contribution in [0.15, 0.2) is 0 Å². The Bertz CT molecular complexity index is 18.4. The molecule has 0 heterocycles. The molecule has 48 valence electrons. The Balaban J connectivity index is -0.0000000800. The maximum absolute atomic E-state index is 5.06. The maximum Gasteiger partial charge on any atom is -0.00653 e. The normalized spacial score (nSPS) is 6.00. The third-order valence-corrected chi connectivity index (χ3v) is 0.408. The fourth-order valence-electron chi connectivity index (χ4n) is 0.118. The first-order chi connectivity index (χ1) is 2.41. The summed E-state index contributed by atoms with van der Waals surface area (Å²) in [6.45, 7) is 1.44. The van der Waals surface area contributed by atoms with E-state index in [9.17, 15) is 0 Å². The third-order valence-electron chi connectivity index (χ3n) is 0.408. The van der Waals surface area contributed by atoms with Gasteiger partial charge in [0, 0.05) is 0 Å². The molecule has 0 aromatic carbocycles.